The first-order chi connectivity index (χ1) is 10.1. The summed E-state index contributed by atoms with van der Waals surface area (Å²) in [6.07, 6.45) is 0. The summed E-state index contributed by atoms with van der Waals surface area (Å²) in [6, 6.07) is 11.7. The molecule has 6 heteroatoms. The second kappa shape index (κ2) is 5.46. The van der Waals surface area contributed by atoms with Gasteiger partial charge in [0.25, 0.3) is 11.8 Å². The number of anilines is 2. The Bertz CT molecular complexity index is 731. The summed E-state index contributed by atoms with van der Waals surface area (Å²) in [6.45, 7) is -0.0492. The normalized spacial score (nSPS) is 12.9. The van der Waals surface area contributed by atoms with Gasteiger partial charge in [-0.25, -0.2) is 0 Å². The lowest BCUT2D eigenvalue weighted by atomic mass is 10.1. The Hall–Kier alpha value is -2.53. The maximum Gasteiger partial charge on any atom is 0.262 e. The minimum atomic E-state index is -0.277. The van der Waals surface area contributed by atoms with Gasteiger partial charge in [-0.05, 0) is 36.4 Å². The molecule has 2 aromatic carbocycles. The van der Waals surface area contributed by atoms with Crippen LogP contribution >= 0.6 is 11.6 Å². The van der Waals surface area contributed by atoms with Gasteiger partial charge in [-0.1, -0.05) is 17.7 Å². The van der Waals surface area contributed by atoms with E-state index in [9.17, 15) is 9.59 Å². The quantitative estimate of drug-likeness (QED) is 0.896. The number of nitrogens with one attached hydrogen (secondary N) is 2. The van der Waals surface area contributed by atoms with E-state index in [4.69, 9.17) is 16.3 Å². The van der Waals surface area contributed by atoms with Gasteiger partial charge >= 0.3 is 0 Å². The predicted molar refractivity (Wildman–Crippen MR) is 80.0 cm³/mol. The Labute approximate surface area is 125 Å². The van der Waals surface area contributed by atoms with Crippen molar-refractivity contribution in [2.75, 3.05) is 17.2 Å². The van der Waals surface area contributed by atoms with Crippen LogP contribution in [-0.2, 0) is 4.79 Å². The zero-order valence-electron chi connectivity index (χ0n) is 10.9. The van der Waals surface area contributed by atoms with Crippen LogP contribution in [0.4, 0.5) is 11.4 Å². The standard InChI is InChI=1S/C15H11ClN2O3/c16-10-2-1-3-11(7-10)17-15(20)9-4-5-12-13(6-9)21-8-14(19)18-12/h1-7H,8H2,(H,17,20)(H,18,19). The van der Waals surface area contributed by atoms with Crippen molar-refractivity contribution in [1.82, 2.24) is 0 Å². The number of ether oxygens (including phenoxy) is 1. The van der Waals surface area contributed by atoms with Gasteiger partial charge in [0.2, 0.25) is 0 Å². The van der Waals surface area contributed by atoms with Crippen LogP contribution in [0.3, 0.4) is 0 Å². The number of carbonyl (C=O) groups excluding carboxylic acids is 2. The number of amides is 2. The van der Waals surface area contributed by atoms with Gasteiger partial charge in [0, 0.05) is 16.3 Å². The second-order valence-electron chi connectivity index (χ2n) is 4.51. The van der Waals surface area contributed by atoms with E-state index in [2.05, 4.69) is 10.6 Å². The minimum Gasteiger partial charge on any atom is -0.482 e. The minimum absolute atomic E-state index is 0.0492. The predicted octanol–water partition coefficient (Wildman–Crippen LogP) is 2.92. The average molecular weight is 303 g/mol. The van der Waals surface area contributed by atoms with Crippen LogP contribution in [0.25, 0.3) is 0 Å². The molecule has 2 amide bonds. The van der Waals surface area contributed by atoms with Crippen LogP contribution in [0.15, 0.2) is 42.5 Å². The lowest BCUT2D eigenvalue weighted by molar-refractivity contribution is -0.118. The molecule has 0 radical (unpaired) electrons. The first-order valence-electron chi connectivity index (χ1n) is 6.25. The van der Waals surface area contributed by atoms with E-state index in [-0.39, 0.29) is 18.4 Å². The zero-order chi connectivity index (χ0) is 14.8. The molecule has 5 nitrogen and oxygen atoms in total. The summed E-state index contributed by atoms with van der Waals surface area (Å²) in [5.74, 6) is -0.00691. The molecular weight excluding hydrogens is 292 g/mol. The third-order valence-electron chi connectivity index (χ3n) is 2.96. The van der Waals surface area contributed by atoms with Gasteiger partial charge in [-0.15, -0.1) is 0 Å². The highest BCUT2D eigenvalue weighted by Gasteiger charge is 2.17. The van der Waals surface area contributed by atoms with Crippen LogP contribution in [0.1, 0.15) is 10.4 Å². The van der Waals surface area contributed by atoms with E-state index in [0.717, 1.165) is 0 Å². The Balaban J connectivity index is 1.81. The van der Waals surface area contributed by atoms with E-state index < -0.39 is 0 Å². The highest BCUT2D eigenvalue weighted by atomic mass is 35.5. The van der Waals surface area contributed by atoms with Crippen molar-refractivity contribution in [2.24, 2.45) is 0 Å². The summed E-state index contributed by atoms with van der Waals surface area (Å²) in [7, 11) is 0. The highest BCUT2D eigenvalue weighted by molar-refractivity contribution is 6.31. The van der Waals surface area contributed by atoms with Gasteiger partial charge in [-0.2, -0.15) is 0 Å². The molecule has 0 bridgehead atoms. The molecule has 0 saturated carbocycles. The third kappa shape index (κ3) is 2.98. The fraction of sp³-hybridized carbons (Fsp3) is 0.0667. The first-order valence-corrected chi connectivity index (χ1v) is 6.63. The van der Waals surface area contributed by atoms with Gasteiger partial charge in [0.15, 0.2) is 6.61 Å². The number of fused-ring (bicyclic) bond motifs is 1. The Kier molecular flexibility index (Phi) is 3.50. The summed E-state index contributed by atoms with van der Waals surface area (Å²) in [5.41, 5.74) is 1.61. The monoisotopic (exact) mass is 302 g/mol. The fourth-order valence-corrected chi connectivity index (χ4v) is 2.18. The Morgan fingerprint density at radius 2 is 2.10 bits per heavy atom. The van der Waals surface area contributed by atoms with Crippen molar-refractivity contribution in [2.45, 2.75) is 0 Å². The number of hydrogen-bond donors (Lipinski definition) is 2. The van der Waals surface area contributed by atoms with E-state index in [0.29, 0.717) is 27.7 Å². The molecule has 1 aliphatic heterocycles. The number of hydrogen-bond acceptors (Lipinski definition) is 3. The van der Waals surface area contributed by atoms with Crippen molar-refractivity contribution in [3.63, 3.8) is 0 Å². The summed E-state index contributed by atoms with van der Waals surface area (Å²) < 4.78 is 5.28. The topological polar surface area (TPSA) is 67.4 Å². The molecular formula is C15H11ClN2O3. The molecule has 0 fully saturated rings. The van der Waals surface area contributed by atoms with Crippen LogP contribution < -0.4 is 15.4 Å². The molecule has 3 rings (SSSR count). The zero-order valence-corrected chi connectivity index (χ0v) is 11.6. The van der Waals surface area contributed by atoms with Crippen molar-refractivity contribution in [1.29, 1.82) is 0 Å². The molecule has 1 aliphatic rings. The van der Waals surface area contributed by atoms with Gasteiger partial charge in [0.1, 0.15) is 5.75 Å². The molecule has 0 saturated heterocycles. The Morgan fingerprint density at radius 3 is 2.90 bits per heavy atom. The van der Waals surface area contributed by atoms with Gasteiger partial charge in [-0.3, -0.25) is 9.59 Å². The van der Waals surface area contributed by atoms with Gasteiger partial charge < -0.3 is 15.4 Å². The summed E-state index contributed by atoms with van der Waals surface area (Å²) in [5, 5.41) is 5.96. The van der Waals surface area contributed by atoms with Crippen LogP contribution in [0.5, 0.6) is 5.75 Å². The summed E-state index contributed by atoms with van der Waals surface area (Å²) in [4.78, 5) is 23.4. The fourth-order valence-electron chi connectivity index (χ4n) is 1.99. The molecule has 2 N–H and O–H groups in total. The molecule has 0 aliphatic carbocycles. The van der Waals surface area contributed by atoms with E-state index in [1.54, 1.807) is 42.5 Å². The maximum atomic E-state index is 12.2. The highest BCUT2D eigenvalue weighted by Crippen LogP contribution is 2.28. The molecule has 0 atom stereocenters. The van der Waals surface area contributed by atoms with Crippen molar-refractivity contribution >= 4 is 34.8 Å². The molecule has 106 valence electrons. The molecule has 1 heterocycles. The van der Waals surface area contributed by atoms with Crippen molar-refractivity contribution < 1.29 is 14.3 Å². The molecule has 0 aromatic heterocycles. The lowest BCUT2D eigenvalue weighted by Gasteiger charge is -2.18. The third-order valence-corrected chi connectivity index (χ3v) is 3.19. The van der Waals surface area contributed by atoms with Crippen LogP contribution in [0.2, 0.25) is 5.02 Å². The molecule has 0 unspecified atom stereocenters. The van der Waals surface area contributed by atoms with Crippen LogP contribution in [0, 0.1) is 0 Å². The second-order valence-corrected chi connectivity index (χ2v) is 4.95. The number of benzene rings is 2. The number of halogens is 1. The lowest BCUT2D eigenvalue weighted by Crippen LogP contribution is -2.25. The van der Waals surface area contributed by atoms with E-state index in [1.807, 2.05) is 0 Å². The SMILES string of the molecule is O=C1COc2cc(C(=O)Nc3cccc(Cl)c3)ccc2N1. The molecule has 0 spiro atoms. The largest absolute Gasteiger partial charge is 0.482 e. The molecule has 21 heavy (non-hydrogen) atoms. The van der Waals surface area contributed by atoms with Crippen molar-refractivity contribution in [3.05, 3.63) is 53.1 Å². The van der Waals surface area contributed by atoms with Gasteiger partial charge in [0.05, 0.1) is 5.69 Å². The van der Waals surface area contributed by atoms with E-state index >= 15 is 0 Å². The Morgan fingerprint density at radius 1 is 1.24 bits per heavy atom. The number of carbonyl (C=O) groups is 2. The summed E-state index contributed by atoms with van der Waals surface area (Å²) >= 11 is 5.87. The smallest absolute Gasteiger partial charge is 0.262 e. The van der Waals surface area contributed by atoms with Crippen LogP contribution in [-0.4, -0.2) is 18.4 Å². The first kappa shape index (κ1) is 13.5. The van der Waals surface area contributed by atoms with Crippen molar-refractivity contribution in [3.8, 4) is 5.75 Å². The van der Waals surface area contributed by atoms with E-state index in [1.165, 1.54) is 0 Å². The number of rotatable bonds is 2. The maximum absolute atomic E-state index is 12.2. The average Bonchev–Trinajstić information content (AvgIpc) is 2.46. The molecule has 2 aromatic rings.